The van der Waals surface area contributed by atoms with E-state index in [-0.39, 0.29) is 0 Å². The van der Waals surface area contributed by atoms with Gasteiger partial charge in [-0.3, -0.25) is 0 Å². The van der Waals surface area contributed by atoms with Gasteiger partial charge in [0.25, 0.3) is 0 Å². The SMILES string of the molecule is CSc1nc(N)cc(Nc2cccc(Br)c2C)n1. The molecule has 1 aromatic carbocycles. The van der Waals surface area contributed by atoms with Crippen LogP contribution in [0.2, 0.25) is 0 Å². The molecule has 0 atom stereocenters. The van der Waals surface area contributed by atoms with Crippen LogP contribution < -0.4 is 11.1 Å². The molecule has 0 unspecified atom stereocenters. The summed E-state index contributed by atoms with van der Waals surface area (Å²) in [6.45, 7) is 2.03. The van der Waals surface area contributed by atoms with Gasteiger partial charge in [0.05, 0.1) is 0 Å². The van der Waals surface area contributed by atoms with Crippen LogP contribution in [-0.2, 0) is 0 Å². The highest BCUT2D eigenvalue weighted by Crippen LogP contribution is 2.26. The van der Waals surface area contributed by atoms with Gasteiger partial charge in [0.1, 0.15) is 11.6 Å². The first-order valence-corrected chi connectivity index (χ1v) is 7.32. The van der Waals surface area contributed by atoms with E-state index in [2.05, 4.69) is 31.2 Å². The van der Waals surface area contributed by atoms with Crippen LogP contribution in [0.1, 0.15) is 5.56 Å². The summed E-state index contributed by atoms with van der Waals surface area (Å²) in [7, 11) is 0. The molecular formula is C12H13BrN4S. The van der Waals surface area contributed by atoms with E-state index in [9.17, 15) is 0 Å². The predicted octanol–water partition coefficient (Wildman–Crippen LogP) is 3.60. The molecule has 2 rings (SSSR count). The molecule has 0 bridgehead atoms. The van der Waals surface area contributed by atoms with Crippen molar-refractivity contribution in [1.29, 1.82) is 0 Å². The van der Waals surface area contributed by atoms with E-state index >= 15 is 0 Å². The normalized spacial score (nSPS) is 10.4. The highest BCUT2D eigenvalue weighted by atomic mass is 79.9. The summed E-state index contributed by atoms with van der Waals surface area (Å²) in [5, 5.41) is 3.91. The molecule has 0 radical (unpaired) electrons. The number of nitrogens with one attached hydrogen (secondary N) is 1. The molecule has 0 saturated heterocycles. The van der Waals surface area contributed by atoms with Crippen LogP contribution in [-0.4, -0.2) is 16.2 Å². The van der Waals surface area contributed by atoms with Gasteiger partial charge < -0.3 is 11.1 Å². The Balaban J connectivity index is 2.34. The van der Waals surface area contributed by atoms with E-state index in [4.69, 9.17) is 5.73 Å². The molecule has 0 fully saturated rings. The first kappa shape index (κ1) is 13.2. The van der Waals surface area contributed by atoms with Gasteiger partial charge in [-0.25, -0.2) is 9.97 Å². The lowest BCUT2D eigenvalue weighted by Crippen LogP contribution is -2.01. The number of nitrogens with two attached hydrogens (primary N) is 1. The van der Waals surface area contributed by atoms with Crippen LogP contribution >= 0.6 is 27.7 Å². The largest absolute Gasteiger partial charge is 0.383 e. The number of thioether (sulfide) groups is 1. The minimum atomic E-state index is 0.462. The Morgan fingerprint density at radius 2 is 2.11 bits per heavy atom. The molecule has 4 nitrogen and oxygen atoms in total. The minimum Gasteiger partial charge on any atom is -0.383 e. The maximum Gasteiger partial charge on any atom is 0.191 e. The molecule has 6 heteroatoms. The van der Waals surface area contributed by atoms with Crippen molar-refractivity contribution in [3.63, 3.8) is 0 Å². The summed E-state index contributed by atoms with van der Waals surface area (Å²) in [5.74, 6) is 1.16. The number of benzene rings is 1. The van der Waals surface area contributed by atoms with Gasteiger partial charge in [-0.05, 0) is 30.9 Å². The zero-order valence-electron chi connectivity index (χ0n) is 10.1. The quantitative estimate of drug-likeness (QED) is 0.667. The molecule has 2 aromatic rings. The van der Waals surface area contributed by atoms with Crippen LogP contribution in [0.25, 0.3) is 0 Å². The average molecular weight is 325 g/mol. The second-order valence-electron chi connectivity index (χ2n) is 3.70. The lowest BCUT2D eigenvalue weighted by Gasteiger charge is -2.11. The van der Waals surface area contributed by atoms with E-state index < -0.39 is 0 Å². The van der Waals surface area contributed by atoms with Crippen molar-refractivity contribution >= 4 is 45.0 Å². The van der Waals surface area contributed by atoms with Crippen LogP contribution in [0.15, 0.2) is 33.9 Å². The number of aromatic nitrogens is 2. The van der Waals surface area contributed by atoms with E-state index in [1.54, 1.807) is 6.07 Å². The number of halogens is 1. The van der Waals surface area contributed by atoms with Gasteiger partial charge in [-0.2, -0.15) is 0 Å². The summed E-state index contributed by atoms with van der Waals surface area (Å²) in [6.07, 6.45) is 1.92. The van der Waals surface area contributed by atoms with Crippen molar-refractivity contribution < 1.29 is 0 Å². The van der Waals surface area contributed by atoms with Gasteiger partial charge >= 0.3 is 0 Å². The van der Waals surface area contributed by atoms with Crippen LogP contribution in [0.4, 0.5) is 17.3 Å². The van der Waals surface area contributed by atoms with Gasteiger partial charge in [-0.1, -0.05) is 33.8 Å². The minimum absolute atomic E-state index is 0.462. The van der Waals surface area contributed by atoms with Gasteiger partial charge in [-0.15, -0.1) is 0 Å². The maximum atomic E-state index is 5.74. The monoisotopic (exact) mass is 324 g/mol. The number of nitrogens with zero attached hydrogens (tertiary/aromatic N) is 2. The van der Waals surface area contributed by atoms with Crippen molar-refractivity contribution in [2.24, 2.45) is 0 Å². The van der Waals surface area contributed by atoms with E-state index in [1.807, 2.05) is 31.4 Å². The lowest BCUT2D eigenvalue weighted by molar-refractivity contribution is 0.984. The topological polar surface area (TPSA) is 63.8 Å². The molecule has 0 aliphatic heterocycles. The lowest BCUT2D eigenvalue weighted by atomic mass is 10.2. The van der Waals surface area contributed by atoms with E-state index in [0.717, 1.165) is 15.7 Å². The third-order valence-corrected chi connectivity index (χ3v) is 3.85. The smallest absolute Gasteiger partial charge is 0.191 e. The Hall–Kier alpha value is -1.27. The highest BCUT2D eigenvalue weighted by Gasteiger charge is 2.05. The summed E-state index contributed by atoms with van der Waals surface area (Å²) in [5.41, 5.74) is 7.86. The second kappa shape index (κ2) is 5.58. The molecule has 0 saturated carbocycles. The molecule has 1 heterocycles. The summed E-state index contributed by atoms with van der Waals surface area (Å²) >= 11 is 4.96. The Bertz CT molecular complexity index is 574. The Labute approximate surface area is 119 Å². The van der Waals surface area contributed by atoms with Gasteiger partial charge in [0.15, 0.2) is 5.16 Å². The number of anilines is 3. The first-order chi connectivity index (χ1) is 8.60. The molecule has 3 N–H and O–H groups in total. The summed E-state index contributed by atoms with van der Waals surface area (Å²) in [6, 6.07) is 7.69. The molecule has 0 spiro atoms. The Kier molecular flexibility index (Phi) is 4.08. The molecular weight excluding hydrogens is 312 g/mol. The molecule has 1 aromatic heterocycles. The number of nitrogen functional groups attached to an aromatic ring is 1. The van der Waals surface area contributed by atoms with Crippen LogP contribution in [0, 0.1) is 6.92 Å². The van der Waals surface area contributed by atoms with Crippen molar-refractivity contribution in [2.45, 2.75) is 12.1 Å². The standard InChI is InChI=1S/C12H13BrN4S/c1-7-8(13)4-3-5-9(7)15-11-6-10(14)16-12(17-11)18-2/h3-6H,1-2H3,(H3,14,15,16,17). The van der Waals surface area contributed by atoms with Crippen molar-refractivity contribution in [3.8, 4) is 0 Å². The second-order valence-corrected chi connectivity index (χ2v) is 5.33. The van der Waals surface area contributed by atoms with E-state index in [0.29, 0.717) is 16.8 Å². The van der Waals surface area contributed by atoms with E-state index in [1.165, 1.54) is 11.8 Å². The number of hydrogen-bond donors (Lipinski definition) is 2. The summed E-state index contributed by atoms with van der Waals surface area (Å²) in [4.78, 5) is 8.48. The average Bonchev–Trinajstić information content (AvgIpc) is 2.34. The zero-order chi connectivity index (χ0) is 13.1. The summed E-state index contributed by atoms with van der Waals surface area (Å²) < 4.78 is 1.06. The maximum absolute atomic E-state index is 5.74. The Morgan fingerprint density at radius 3 is 2.83 bits per heavy atom. The van der Waals surface area contributed by atoms with Gasteiger partial charge in [0, 0.05) is 16.2 Å². The molecule has 0 amide bonds. The Morgan fingerprint density at radius 1 is 1.33 bits per heavy atom. The fourth-order valence-electron chi connectivity index (χ4n) is 1.48. The fraction of sp³-hybridized carbons (Fsp3) is 0.167. The molecule has 0 aliphatic rings. The predicted molar refractivity (Wildman–Crippen MR) is 80.4 cm³/mol. The van der Waals surface area contributed by atoms with Crippen LogP contribution in [0.3, 0.4) is 0 Å². The highest BCUT2D eigenvalue weighted by molar-refractivity contribution is 9.10. The third kappa shape index (κ3) is 2.94. The first-order valence-electron chi connectivity index (χ1n) is 5.31. The van der Waals surface area contributed by atoms with Crippen molar-refractivity contribution in [1.82, 2.24) is 9.97 Å². The molecule has 18 heavy (non-hydrogen) atoms. The zero-order valence-corrected chi connectivity index (χ0v) is 12.5. The van der Waals surface area contributed by atoms with Crippen molar-refractivity contribution in [3.05, 3.63) is 34.3 Å². The number of hydrogen-bond acceptors (Lipinski definition) is 5. The van der Waals surface area contributed by atoms with Gasteiger partial charge in [0.2, 0.25) is 0 Å². The van der Waals surface area contributed by atoms with Crippen LogP contribution in [0.5, 0.6) is 0 Å². The third-order valence-electron chi connectivity index (χ3n) is 2.44. The van der Waals surface area contributed by atoms with Crippen molar-refractivity contribution in [2.75, 3.05) is 17.3 Å². The number of rotatable bonds is 3. The molecule has 94 valence electrons. The fourth-order valence-corrected chi connectivity index (χ4v) is 2.23. The molecule has 0 aliphatic carbocycles.